The lowest BCUT2D eigenvalue weighted by Crippen LogP contribution is -2.54. The van der Waals surface area contributed by atoms with Crippen LogP contribution in [0.3, 0.4) is 0 Å². The molecule has 1 unspecified atom stereocenters. The van der Waals surface area contributed by atoms with E-state index < -0.39 is 17.4 Å². The van der Waals surface area contributed by atoms with Crippen LogP contribution in [-0.4, -0.2) is 42.2 Å². The fourth-order valence-corrected chi connectivity index (χ4v) is 4.11. The van der Waals surface area contributed by atoms with Crippen molar-refractivity contribution in [2.45, 2.75) is 52.2 Å². The molecule has 1 N–H and O–H groups in total. The van der Waals surface area contributed by atoms with Crippen molar-refractivity contribution in [1.29, 1.82) is 0 Å². The molecule has 1 fully saturated rings. The summed E-state index contributed by atoms with van der Waals surface area (Å²) in [7, 11) is 0. The Labute approximate surface area is 209 Å². The van der Waals surface area contributed by atoms with Gasteiger partial charge in [0.05, 0.1) is 30.9 Å². The smallest absolute Gasteiger partial charge is 0.331 e. The average molecular weight is 533 g/mol. The van der Waals surface area contributed by atoms with Gasteiger partial charge in [0.1, 0.15) is 11.2 Å². The van der Waals surface area contributed by atoms with E-state index in [0.717, 1.165) is 12.0 Å². The largest absolute Gasteiger partial charge is 0.477 e. The number of aromatic nitrogens is 1. The van der Waals surface area contributed by atoms with Gasteiger partial charge in [-0.1, -0.05) is 44.2 Å². The van der Waals surface area contributed by atoms with Crippen molar-refractivity contribution in [2.75, 3.05) is 19.8 Å². The molecule has 1 heterocycles. The fraction of sp³-hybridized carbons (Fsp3) is 0.500. The highest BCUT2D eigenvalue weighted by atomic mass is 79.9. The maximum Gasteiger partial charge on any atom is 0.331 e. The number of esters is 1. The van der Waals surface area contributed by atoms with Crippen molar-refractivity contribution >= 4 is 27.8 Å². The van der Waals surface area contributed by atoms with Crippen molar-refractivity contribution < 1.29 is 23.8 Å². The molecule has 0 aliphatic heterocycles. The summed E-state index contributed by atoms with van der Waals surface area (Å²) in [4.78, 5) is 29.8. The number of rotatable bonds is 13. The Bertz CT molecular complexity index is 965. The molecular weight excluding hydrogens is 500 g/mol. The Morgan fingerprint density at radius 1 is 1.06 bits per heavy atom. The number of carbonyl (C=O) groups is 2. The van der Waals surface area contributed by atoms with Crippen molar-refractivity contribution in [1.82, 2.24) is 10.3 Å². The van der Waals surface area contributed by atoms with Crippen molar-refractivity contribution in [3.63, 3.8) is 0 Å². The predicted octanol–water partition coefficient (Wildman–Crippen LogP) is 4.93. The Morgan fingerprint density at radius 2 is 1.76 bits per heavy atom. The zero-order valence-electron chi connectivity index (χ0n) is 20.0. The van der Waals surface area contributed by atoms with Gasteiger partial charge in [-0.25, -0.2) is 9.78 Å². The van der Waals surface area contributed by atoms with Crippen LogP contribution in [0.5, 0.6) is 5.88 Å². The van der Waals surface area contributed by atoms with E-state index in [0.29, 0.717) is 54.9 Å². The maximum absolute atomic E-state index is 12.9. The zero-order valence-corrected chi connectivity index (χ0v) is 21.6. The number of halogens is 1. The summed E-state index contributed by atoms with van der Waals surface area (Å²) in [6.07, 6.45) is 1.88. The third-order valence-electron chi connectivity index (χ3n) is 6.22. The summed E-state index contributed by atoms with van der Waals surface area (Å²) in [5.41, 5.74) is 0.272. The van der Waals surface area contributed by atoms with Crippen molar-refractivity contribution in [2.24, 2.45) is 11.8 Å². The van der Waals surface area contributed by atoms with E-state index in [1.54, 1.807) is 19.1 Å². The quantitative estimate of drug-likeness (QED) is 0.368. The second kappa shape index (κ2) is 12.3. The first-order valence-electron chi connectivity index (χ1n) is 11.8. The monoisotopic (exact) mass is 532 g/mol. The standard InChI is InChI=1S/C26H33BrN2O5/c1-4-26(5-2,25(31)33-6-3)29-23(30)22-13-12-21(27)24(28-22)34-17-20-14-19(20)16-32-15-18-10-8-7-9-11-18/h7-13,19-20H,4-6,14-17H2,1-3H3,(H,29,30)/t19-,20?/m1/s1. The van der Waals surface area contributed by atoms with Crippen LogP contribution in [-0.2, 0) is 20.9 Å². The van der Waals surface area contributed by atoms with Gasteiger partial charge < -0.3 is 19.5 Å². The number of benzene rings is 1. The molecule has 0 spiro atoms. The Kier molecular flexibility index (Phi) is 9.47. The van der Waals surface area contributed by atoms with Gasteiger partial charge in [0.25, 0.3) is 5.91 Å². The normalized spacial score (nSPS) is 17.2. The predicted molar refractivity (Wildman–Crippen MR) is 133 cm³/mol. The number of hydrogen-bond donors (Lipinski definition) is 1. The number of pyridine rings is 1. The topological polar surface area (TPSA) is 86.8 Å². The highest BCUT2D eigenvalue weighted by Gasteiger charge is 2.39. The molecular formula is C26H33BrN2O5. The molecule has 2 atom stereocenters. The summed E-state index contributed by atoms with van der Waals surface area (Å²) < 4.78 is 17.6. The van der Waals surface area contributed by atoms with Gasteiger partial charge in [0.15, 0.2) is 0 Å². The Hall–Kier alpha value is -2.45. The minimum Gasteiger partial charge on any atom is -0.477 e. The maximum atomic E-state index is 12.9. The van der Waals surface area contributed by atoms with E-state index in [4.69, 9.17) is 14.2 Å². The summed E-state index contributed by atoms with van der Waals surface area (Å²) in [5, 5.41) is 2.83. The molecule has 1 aromatic heterocycles. The summed E-state index contributed by atoms with van der Waals surface area (Å²) in [6, 6.07) is 13.4. The highest BCUT2D eigenvalue weighted by Crippen LogP contribution is 2.39. The molecule has 34 heavy (non-hydrogen) atoms. The molecule has 8 heteroatoms. The third kappa shape index (κ3) is 6.79. The van der Waals surface area contributed by atoms with Crippen LogP contribution in [0.25, 0.3) is 0 Å². The first kappa shape index (κ1) is 26.2. The van der Waals surface area contributed by atoms with E-state index in [-0.39, 0.29) is 12.3 Å². The van der Waals surface area contributed by atoms with Gasteiger partial charge in [-0.15, -0.1) is 0 Å². The second-order valence-electron chi connectivity index (χ2n) is 8.51. The first-order valence-corrected chi connectivity index (χ1v) is 12.6. The molecule has 1 saturated carbocycles. The van der Waals surface area contributed by atoms with Crippen LogP contribution >= 0.6 is 15.9 Å². The second-order valence-corrected chi connectivity index (χ2v) is 9.37. The van der Waals surface area contributed by atoms with E-state index in [1.807, 2.05) is 32.0 Å². The lowest BCUT2D eigenvalue weighted by atomic mass is 9.92. The number of hydrogen-bond acceptors (Lipinski definition) is 6. The molecule has 1 amide bonds. The SMILES string of the molecule is CCOC(=O)C(CC)(CC)NC(=O)c1ccc(Br)c(OCC2C[C@@H]2COCc2ccccc2)n1. The summed E-state index contributed by atoms with van der Waals surface area (Å²) >= 11 is 3.45. The molecule has 3 rings (SSSR count). The van der Waals surface area contributed by atoms with E-state index in [9.17, 15) is 9.59 Å². The van der Waals surface area contributed by atoms with Gasteiger partial charge in [-0.3, -0.25) is 4.79 Å². The molecule has 1 aliphatic rings. The number of ether oxygens (including phenoxy) is 3. The molecule has 0 bridgehead atoms. The minimum absolute atomic E-state index is 0.187. The third-order valence-corrected chi connectivity index (χ3v) is 6.82. The van der Waals surface area contributed by atoms with Gasteiger partial charge >= 0.3 is 5.97 Å². The molecule has 0 radical (unpaired) electrons. The highest BCUT2D eigenvalue weighted by molar-refractivity contribution is 9.10. The summed E-state index contributed by atoms with van der Waals surface area (Å²) in [6.45, 7) is 7.51. The van der Waals surface area contributed by atoms with Gasteiger partial charge in [-0.2, -0.15) is 0 Å². The van der Waals surface area contributed by atoms with E-state index in [1.165, 1.54) is 0 Å². The van der Waals surface area contributed by atoms with Crippen LogP contribution in [0.15, 0.2) is 46.9 Å². The molecule has 0 saturated heterocycles. The van der Waals surface area contributed by atoms with E-state index in [2.05, 4.69) is 38.4 Å². The fourth-order valence-electron chi connectivity index (χ4n) is 3.78. The van der Waals surface area contributed by atoms with Gasteiger partial charge in [0, 0.05) is 0 Å². The first-order chi connectivity index (χ1) is 16.4. The number of nitrogens with zero attached hydrogens (tertiary/aromatic N) is 1. The van der Waals surface area contributed by atoms with Crippen LogP contribution in [0.4, 0.5) is 0 Å². The zero-order chi connectivity index (χ0) is 24.6. The van der Waals surface area contributed by atoms with Crippen LogP contribution in [0.2, 0.25) is 0 Å². The van der Waals surface area contributed by atoms with Crippen molar-refractivity contribution in [3.8, 4) is 5.88 Å². The molecule has 1 aliphatic carbocycles. The molecule has 7 nitrogen and oxygen atoms in total. The van der Waals surface area contributed by atoms with Crippen molar-refractivity contribution in [3.05, 3.63) is 58.2 Å². The molecule has 2 aromatic rings. The number of carbonyl (C=O) groups excluding carboxylic acids is 2. The van der Waals surface area contributed by atoms with E-state index >= 15 is 0 Å². The van der Waals surface area contributed by atoms with Gasteiger partial charge in [-0.05, 0) is 71.6 Å². The Balaban J connectivity index is 1.52. The summed E-state index contributed by atoms with van der Waals surface area (Å²) in [5.74, 6) is 0.356. The number of amides is 1. The average Bonchev–Trinajstić information content (AvgIpc) is 3.60. The van der Waals surface area contributed by atoms with Crippen LogP contribution in [0.1, 0.15) is 56.1 Å². The molecule has 184 valence electrons. The minimum atomic E-state index is -1.08. The van der Waals surface area contributed by atoms with Gasteiger partial charge in [0.2, 0.25) is 5.88 Å². The lowest BCUT2D eigenvalue weighted by molar-refractivity contribution is -0.151. The van der Waals surface area contributed by atoms with Crippen LogP contribution < -0.4 is 10.1 Å². The molecule has 1 aromatic carbocycles. The lowest BCUT2D eigenvalue weighted by Gasteiger charge is -2.30. The Morgan fingerprint density at radius 3 is 2.44 bits per heavy atom. The van der Waals surface area contributed by atoms with Crippen LogP contribution in [0, 0.1) is 11.8 Å². The number of nitrogens with one attached hydrogen (secondary N) is 1.